The van der Waals surface area contributed by atoms with Crippen molar-refractivity contribution in [3.8, 4) is 12.3 Å². The number of terminal acetylenes is 1. The molecule has 0 spiro atoms. The third-order valence-corrected chi connectivity index (χ3v) is 3.63. The van der Waals surface area contributed by atoms with E-state index in [1.54, 1.807) is 18.3 Å². The van der Waals surface area contributed by atoms with Gasteiger partial charge in [-0.3, -0.25) is 4.79 Å². The molecule has 1 amide bonds. The summed E-state index contributed by atoms with van der Waals surface area (Å²) in [7, 11) is 0. The number of carbonyl (C=O) groups is 1. The highest BCUT2D eigenvalue weighted by molar-refractivity contribution is 6.01. The molecule has 0 unspecified atom stereocenters. The van der Waals surface area contributed by atoms with Crippen LogP contribution in [0.3, 0.4) is 0 Å². The molecule has 0 radical (unpaired) electrons. The molecule has 3 rings (SSSR count). The number of aromatic nitrogens is 1. The Labute approximate surface area is 133 Å². The summed E-state index contributed by atoms with van der Waals surface area (Å²) in [5, 5.41) is 5.07. The highest BCUT2D eigenvalue weighted by Gasteiger charge is 2.12. The SMILES string of the molecule is C#CCn1c(C)c(/C=N\NC(=O)c2ccco2)c2ccccc21. The topological polar surface area (TPSA) is 59.5 Å². The minimum absolute atomic E-state index is 0.216. The van der Waals surface area contributed by atoms with Gasteiger partial charge in [-0.05, 0) is 25.1 Å². The Kier molecular flexibility index (Phi) is 3.98. The predicted molar refractivity (Wildman–Crippen MR) is 89.3 cm³/mol. The third-order valence-electron chi connectivity index (χ3n) is 3.63. The summed E-state index contributed by atoms with van der Waals surface area (Å²) in [6.45, 7) is 2.46. The lowest BCUT2D eigenvalue weighted by molar-refractivity contribution is 0.0927. The van der Waals surface area contributed by atoms with Crippen LogP contribution in [0.2, 0.25) is 0 Å². The second-order valence-corrected chi connectivity index (χ2v) is 4.98. The van der Waals surface area contributed by atoms with Crippen molar-refractivity contribution in [2.75, 3.05) is 0 Å². The molecule has 0 aliphatic carbocycles. The van der Waals surface area contributed by atoms with Gasteiger partial charge < -0.3 is 8.98 Å². The fourth-order valence-electron chi connectivity index (χ4n) is 2.53. The minimum Gasteiger partial charge on any atom is -0.459 e. The van der Waals surface area contributed by atoms with Crippen molar-refractivity contribution in [2.45, 2.75) is 13.5 Å². The van der Waals surface area contributed by atoms with Gasteiger partial charge in [0.25, 0.3) is 0 Å². The molecule has 114 valence electrons. The van der Waals surface area contributed by atoms with Crippen LogP contribution in [-0.2, 0) is 6.54 Å². The van der Waals surface area contributed by atoms with Crippen molar-refractivity contribution in [3.05, 3.63) is 59.7 Å². The van der Waals surface area contributed by atoms with Gasteiger partial charge >= 0.3 is 5.91 Å². The summed E-state index contributed by atoms with van der Waals surface area (Å²) < 4.78 is 7.06. The quantitative estimate of drug-likeness (QED) is 0.458. The first-order chi connectivity index (χ1) is 11.2. The fraction of sp³-hybridized carbons (Fsp3) is 0.111. The van der Waals surface area contributed by atoms with Crippen molar-refractivity contribution in [3.63, 3.8) is 0 Å². The van der Waals surface area contributed by atoms with Gasteiger partial charge in [-0.1, -0.05) is 24.1 Å². The molecular formula is C18H15N3O2. The molecule has 1 N–H and O–H groups in total. The van der Waals surface area contributed by atoms with E-state index in [1.807, 2.05) is 35.8 Å². The predicted octanol–water partition coefficient (Wildman–Crippen LogP) is 2.94. The third kappa shape index (κ3) is 2.74. The van der Waals surface area contributed by atoms with Crippen LogP contribution in [-0.4, -0.2) is 16.7 Å². The largest absolute Gasteiger partial charge is 0.459 e. The van der Waals surface area contributed by atoms with Gasteiger partial charge in [-0.25, -0.2) is 5.43 Å². The normalized spacial score (nSPS) is 11.0. The van der Waals surface area contributed by atoms with Crippen LogP contribution in [0.5, 0.6) is 0 Å². The van der Waals surface area contributed by atoms with Crippen molar-refractivity contribution in [2.24, 2.45) is 5.10 Å². The molecule has 1 aromatic carbocycles. The van der Waals surface area contributed by atoms with Gasteiger partial charge in [-0.2, -0.15) is 5.10 Å². The number of nitrogens with zero attached hydrogens (tertiary/aromatic N) is 2. The van der Waals surface area contributed by atoms with E-state index < -0.39 is 5.91 Å². The molecule has 0 aliphatic heterocycles. The van der Waals surface area contributed by atoms with Crippen LogP contribution in [0.25, 0.3) is 10.9 Å². The molecule has 0 bridgehead atoms. The second kappa shape index (κ2) is 6.24. The highest BCUT2D eigenvalue weighted by atomic mass is 16.3. The van der Waals surface area contributed by atoms with E-state index in [1.165, 1.54) is 6.26 Å². The van der Waals surface area contributed by atoms with Crippen LogP contribution < -0.4 is 5.43 Å². The average Bonchev–Trinajstić information content (AvgIpc) is 3.18. The van der Waals surface area contributed by atoms with E-state index in [0.717, 1.165) is 22.2 Å². The Morgan fingerprint density at radius 2 is 2.22 bits per heavy atom. The van der Waals surface area contributed by atoms with Crippen molar-refractivity contribution in [1.29, 1.82) is 0 Å². The zero-order chi connectivity index (χ0) is 16.2. The molecule has 0 saturated carbocycles. The molecule has 0 aliphatic rings. The molecule has 3 aromatic rings. The van der Waals surface area contributed by atoms with Crippen molar-refractivity contribution in [1.82, 2.24) is 9.99 Å². The summed E-state index contributed by atoms with van der Waals surface area (Å²) in [5.74, 6) is 2.48. The van der Waals surface area contributed by atoms with Crippen LogP contribution in [0.4, 0.5) is 0 Å². The zero-order valence-corrected chi connectivity index (χ0v) is 12.6. The van der Waals surface area contributed by atoms with Crippen LogP contribution in [0, 0.1) is 19.3 Å². The first-order valence-corrected chi connectivity index (χ1v) is 7.10. The van der Waals surface area contributed by atoms with Gasteiger partial charge in [-0.15, -0.1) is 6.42 Å². The molecule has 2 aromatic heterocycles. The van der Waals surface area contributed by atoms with E-state index in [2.05, 4.69) is 16.4 Å². The Hall–Kier alpha value is -3.26. The van der Waals surface area contributed by atoms with Crippen LogP contribution in [0.15, 0.2) is 52.2 Å². The number of nitrogens with one attached hydrogen (secondary N) is 1. The van der Waals surface area contributed by atoms with Crippen LogP contribution >= 0.6 is 0 Å². The summed E-state index contributed by atoms with van der Waals surface area (Å²) in [5.41, 5.74) is 5.42. The fourth-order valence-corrected chi connectivity index (χ4v) is 2.53. The number of furan rings is 1. The maximum atomic E-state index is 11.8. The monoisotopic (exact) mass is 305 g/mol. The number of hydrogen-bond donors (Lipinski definition) is 1. The maximum Gasteiger partial charge on any atom is 0.307 e. The number of para-hydroxylation sites is 1. The molecule has 23 heavy (non-hydrogen) atoms. The smallest absolute Gasteiger partial charge is 0.307 e. The molecule has 5 heteroatoms. The lowest BCUT2D eigenvalue weighted by Crippen LogP contribution is -2.16. The lowest BCUT2D eigenvalue weighted by atomic mass is 10.1. The molecule has 0 fully saturated rings. The van der Waals surface area contributed by atoms with E-state index in [9.17, 15) is 4.79 Å². The molecule has 0 saturated heterocycles. The first kappa shape index (κ1) is 14.7. The highest BCUT2D eigenvalue weighted by Crippen LogP contribution is 2.24. The van der Waals surface area contributed by atoms with E-state index >= 15 is 0 Å². The van der Waals surface area contributed by atoms with E-state index in [0.29, 0.717) is 6.54 Å². The Morgan fingerprint density at radius 3 is 2.96 bits per heavy atom. The number of hydrazone groups is 1. The lowest BCUT2D eigenvalue weighted by Gasteiger charge is -2.02. The number of fused-ring (bicyclic) bond motifs is 1. The maximum absolute atomic E-state index is 11.8. The van der Waals surface area contributed by atoms with Gasteiger partial charge in [0.1, 0.15) is 0 Å². The summed E-state index contributed by atoms with van der Waals surface area (Å²) in [6, 6.07) is 11.2. The molecule has 2 heterocycles. The van der Waals surface area contributed by atoms with Gasteiger partial charge in [0.05, 0.1) is 19.0 Å². The summed E-state index contributed by atoms with van der Waals surface area (Å²) in [6.07, 6.45) is 8.52. The number of benzene rings is 1. The van der Waals surface area contributed by atoms with Crippen molar-refractivity contribution >= 4 is 23.0 Å². The van der Waals surface area contributed by atoms with Crippen LogP contribution in [0.1, 0.15) is 21.8 Å². The number of hydrogen-bond acceptors (Lipinski definition) is 3. The Balaban J connectivity index is 1.91. The number of amides is 1. The zero-order valence-electron chi connectivity index (χ0n) is 12.6. The van der Waals surface area contributed by atoms with Gasteiger partial charge in [0.15, 0.2) is 5.76 Å². The molecule has 5 nitrogen and oxygen atoms in total. The van der Waals surface area contributed by atoms with Gasteiger partial charge in [0, 0.05) is 22.2 Å². The van der Waals surface area contributed by atoms with E-state index in [4.69, 9.17) is 10.8 Å². The van der Waals surface area contributed by atoms with Gasteiger partial charge in [0.2, 0.25) is 0 Å². The number of rotatable bonds is 4. The summed E-state index contributed by atoms with van der Waals surface area (Å²) in [4.78, 5) is 11.8. The molecular weight excluding hydrogens is 290 g/mol. The van der Waals surface area contributed by atoms with Crippen molar-refractivity contribution < 1.29 is 9.21 Å². The summed E-state index contributed by atoms with van der Waals surface area (Å²) >= 11 is 0. The standard InChI is InChI=1S/C18H15N3O2/c1-3-10-21-13(2)15(14-7-4-5-8-16(14)21)12-19-20-18(22)17-9-6-11-23-17/h1,4-9,11-12H,10H2,2H3,(H,20,22)/b19-12-. The Morgan fingerprint density at radius 1 is 1.39 bits per heavy atom. The Bertz CT molecular complexity index is 912. The minimum atomic E-state index is -0.392. The second-order valence-electron chi connectivity index (χ2n) is 4.98. The van der Waals surface area contributed by atoms with E-state index in [-0.39, 0.29) is 5.76 Å². The number of carbonyl (C=O) groups excluding carboxylic acids is 1. The molecule has 0 atom stereocenters. The average molecular weight is 305 g/mol. The first-order valence-electron chi connectivity index (χ1n) is 7.10.